The predicted molar refractivity (Wildman–Crippen MR) is 41.5 cm³/mol. The van der Waals surface area contributed by atoms with Crippen LogP contribution in [0.5, 0.6) is 0 Å². The molecule has 0 bridgehead atoms. The summed E-state index contributed by atoms with van der Waals surface area (Å²) in [5.41, 5.74) is 0. The van der Waals surface area contributed by atoms with Crippen molar-refractivity contribution in [3.63, 3.8) is 0 Å². The van der Waals surface area contributed by atoms with Crippen molar-refractivity contribution in [2.45, 2.75) is 13.3 Å². The van der Waals surface area contributed by atoms with Gasteiger partial charge in [-0.05, 0) is 17.4 Å². The van der Waals surface area contributed by atoms with Gasteiger partial charge >= 0.3 is 0 Å². The van der Waals surface area contributed by atoms with Crippen molar-refractivity contribution >= 4 is 25.3 Å². The van der Waals surface area contributed by atoms with Crippen molar-refractivity contribution in [1.82, 2.24) is 0 Å². The lowest BCUT2D eigenvalue weighted by atomic mass is 10.2. The Balaban J connectivity index is 2.99. The Kier molecular flexibility index (Phi) is 5.33. The molecule has 2 heteroatoms. The van der Waals surface area contributed by atoms with E-state index in [-0.39, 0.29) is 0 Å². The van der Waals surface area contributed by atoms with Crippen molar-refractivity contribution in [3.8, 4) is 0 Å². The van der Waals surface area contributed by atoms with Crippen LogP contribution < -0.4 is 0 Å². The van der Waals surface area contributed by atoms with Gasteiger partial charge in [0.1, 0.15) is 0 Å². The minimum absolute atomic E-state index is 0.715. The van der Waals surface area contributed by atoms with E-state index in [1.807, 2.05) is 0 Å². The summed E-state index contributed by atoms with van der Waals surface area (Å²) >= 11 is 8.25. The molecule has 0 nitrogen and oxygen atoms in total. The Morgan fingerprint density at radius 2 is 1.71 bits per heavy atom. The molecule has 0 aromatic carbocycles. The van der Waals surface area contributed by atoms with Gasteiger partial charge in [0.25, 0.3) is 0 Å². The molecule has 0 atom stereocenters. The molecule has 0 amide bonds. The Bertz CT molecular complexity index is 27.6. The molecule has 0 saturated carbocycles. The van der Waals surface area contributed by atoms with E-state index in [9.17, 15) is 0 Å². The molecule has 0 rings (SSSR count). The first-order valence-electron chi connectivity index (χ1n) is 2.56. The zero-order valence-electron chi connectivity index (χ0n) is 4.59. The lowest BCUT2D eigenvalue weighted by molar-refractivity contribution is 0.651. The summed E-state index contributed by atoms with van der Waals surface area (Å²) in [5, 5.41) is 0. The standard InChI is InChI=1S/C5H12S2/c1-2-5(3-6)4-7/h5-7H,2-4H2,1H3. The molecular formula is C5H12S2. The third-order valence-corrected chi connectivity index (χ3v) is 2.13. The Morgan fingerprint density at radius 1 is 1.29 bits per heavy atom. The second-order valence-corrected chi connectivity index (χ2v) is 2.37. The van der Waals surface area contributed by atoms with Crippen LogP contribution in [-0.4, -0.2) is 11.5 Å². The first-order chi connectivity index (χ1) is 3.35. The molecule has 0 heterocycles. The van der Waals surface area contributed by atoms with Gasteiger partial charge in [0, 0.05) is 0 Å². The van der Waals surface area contributed by atoms with E-state index < -0.39 is 0 Å². The average molecular weight is 136 g/mol. The third-order valence-electron chi connectivity index (χ3n) is 1.09. The lowest BCUT2D eigenvalue weighted by Gasteiger charge is -2.04. The van der Waals surface area contributed by atoms with E-state index in [0.29, 0.717) is 5.92 Å². The van der Waals surface area contributed by atoms with E-state index in [4.69, 9.17) is 0 Å². The van der Waals surface area contributed by atoms with Gasteiger partial charge in [0.05, 0.1) is 0 Å². The van der Waals surface area contributed by atoms with Crippen LogP contribution in [-0.2, 0) is 0 Å². The predicted octanol–water partition coefficient (Wildman–Crippen LogP) is 1.87. The van der Waals surface area contributed by atoms with Crippen molar-refractivity contribution in [1.29, 1.82) is 0 Å². The molecule has 0 aromatic rings. The molecule has 0 spiro atoms. The minimum atomic E-state index is 0.715. The number of rotatable bonds is 3. The Morgan fingerprint density at radius 3 is 1.71 bits per heavy atom. The highest BCUT2D eigenvalue weighted by molar-refractivity contribution is 7.81. The van der Waals surface area contributed by atoms with Gasteiger partial charge < -0.3 is 0 Å². The maximum absolute atomic E-state index is 4.13. The summed E-state index contributed by atoms with van der Waals surface area (Å²) in [7, 11) is 0. The summed E-state index contributed by atoms with van der Waals surface area (Å²) in [6, 6.07) is 0. The molecule has 0 saturated heterocycles. The topological polar surface area (TPSA) is 0 Å². The van der Waals surface area contributed by atoms with Gasteiger partial charge in [-0.15, -0.1) is 0 Å². The highest BCUT2D eigenvalue weighted by Crippen LogP contribution is 2.04. The molecule has 0 N–H and O–H groups in total. The van der Waals surface area contributed by atoms with E-state index in [1.165, 1.54) is 6.42 Å². The molecule has 0 fully saturated rings. The van der Waals surface area contributed by atoms with E-state index >= 15 is 0 Å². The van der Waals surface area contributed by atoms with Crippen molar-refractivity contribution < 1.29 is 0 Å². The summed E-state index contributed by atoms with van der Waals surface area (Å²) in [5.74, 6) is 2.66. The quantitative estimate of drug-likeness (QED) is 0.544. The van der Waals surface area contributed by atoms with Crippen LogP contribution in [0.4, 0.5) is 0 Å². The highest BCUT2D eigenvalue weighted by atomic mass is 32.1. The zero-order chi connectivity index (χ0) is 5.70. The second kappa shape index (κ2) is 4.85. The Hall–Kier alpha value is 0.700. The van der Waals surface area contributed by atoms with Crippen LogP contribution in [0, 0.1) is 5.92 Å². The first kappa shape index (κ1) is 7.70. The third kappa shape index (κ3) is 3.30. The van der Waals surface area contributed by atoms with Crippen LogP contribution in [0.25, 0.3) is 0 Å². The Labute approximate surface area is 56.5 Å². The van der Waals surface area contributed by atoms with E-state index in [0.717, 1.165) is 11.5 Å². The van der Waals surface area contributed by atoms with E-state index in [1.54, 1.807) is 0 Å². The minimum Gasteiger partial charge on any atom is -0.179 e. The number of hydrogen-bond donors (Lipinski definition) is 2. The van der Waals surface area contributed by atoms with Crippen LogP contribution in [0.3, 0.4) is 0 Å². The molecule has 0 aliphatic heterocycles. The number of thiol groups is 2. The molecule has 0 aliphatic carbocycles. The highest BCUT2D eigenvalue weighted by Gasteiger charge is 1.97. The average Bonchev–Trinajstić information content (AvgIpc) is 1.72. The van der Waals surface area contributed by atoms with Crippen molar-refractivity contribution in [2.75, 3.05) is 11.5 Å². The van der Waals surface area contributed by atoms with Crippen LogP contribution in [0.2, 0.25) is 0 Å². The summed E-state index contributed by atoms with van der Waals surface area (Å²) in [4.78, 5) is 0. The second-order valence-electron chi connectivity index (χ2n) is 1.64. The fourth-order valence-electron chi connectivity index (χ4n) is 0.316. The lowest BCUT2D eigenvalue weighted by Crippen LogP contribution is -2.00. The number of hydrogen-bond acceptors (Lipinski definition) is 2. The van der Waals surface area contributed by atoms with Gasteiger partial charge in [-0.2, -0.15) is 25.3 Å². The largest absolute Gasteiger partial charge is 0.179 e. The molecule has 0 radical (unpaired) electrons. The van der Waals surface area contributed by atoms with Crippen LogP contribution >= 0.6 is 25.3 Å². The molecule has 7 heavy (non-hydrogen) atoms. The smallest absolute Gasteiger partial charge is 0.00618 e. The zero-order valence-corrected chi connectivity index (χ0v) is 6.38. The molecular weight excluding hydrogens is 124 g/mol. The molecule has 0 aromatic heterocycles. The summed E-state index contributed by atoms with van der Waals surface area (Å²) < 4.78 is 0. The van der Waals surface area contributed by atoms with Gasteiger partial charge in [-0.25, -0.2) is 0 Å². The summed E-state index contributed by atoms with van der Waals surface area (Å²) in [6.45, 7) is 2.16. The first-order valence-corrected chi connectivity index (χ1v) is 3.83. The normalized spacial score (nSPS) is 10.3. The molecule has 0 aliphatic rings. The fourth-order valence-corrected chi connectivity index (χ4v) is 1.29. The summed E-state index contributed by atoms with van der Waals surface area (Å²) in [6.07, 6.45) is 1.20. The maximum Gasteiger partial charge on any atom is -0.00618 e. The van der Waals surface area contributed by atoms with Crippen molar-refractivity contribution in [3.05, 3.63) is 0 Å². The monoisotopic (exact) mass is 136 g/mol. The SMILES string of the molecule is CCC(CS)CS. The van der Waals surface area contributed by atoms with Crippen molar-refractivity contribution in [2.24, 2.45) is 5.92 Å². The maximum atomic E-state index is 4.13. The molecule has 0 unspecified atom stereocenters. The van der Waals surface area contributed by atoms with Gasteiger partial charge in [-0.3, -0.25) is 0 Å². The fraction of sp³-hybridized carbons (Fsp3) is 1.00. The van der Waals surface area contributed by atoms with Gasteiger partial charge in [0.15, 0.2) is 0 Å². The van der Waals surface area contributed by atoms with Gasteiger partial charge in [-0.1, -0.05) is 13.3 Å². The van der Waals surface area contributed by atoms with Crippen LogP contribution in [0.15, 0.2) is 0 Å². The molecule has 44 valence electrons. The van der Waals surface area contributed by atoms with Gasteiger partial charge in [0.2, 0.25) is 0 Å². The van der Waals surface area contributed by atoms with E-state index in [2.05, 4.69) is 32.2 Å². The van der Waals surface area contributed by atoms with Crippen LogP contribution in [0.1, 0.15) is 13.3 Å².